The number of rotatable bonds is 8. The fraction of sp³-hybridized carbons (Fsp3) is 0.923. The smallest absolute Gasteiger partial charge is 0.326 e. The Hall–Kier alpha value is -0.270. The highest BCUT2D eigenvalue weighted by Gasteiger charge is 2.46. The van der Waals surface area contributed by atoms with Gasteiger partial charge >= 0.3 is 5.97 Å². The van der Waals surface area contributed by atoms with Crippen LogP contribution in [0.5, 0.6) is 0 Å². The van der Waals surface area contributed by atoms with E-state index < -0.39 is 15.4 Å². The maximum absolute atomic E-state index is 12.0. The molecule has 0 aromatic carbocycles. The van der Waals surface area contributed by atoms with Crippen molar-refractivity contribution in [2.45, 2.75) is 38.1 Å². The van der Waals surface area contributed by atoms with Gasteiger partial charge in [0.15, 0.2) is 0 Å². The third-order valence-electron chi connectivity index (χ3n) is 3.74. The fourth-order valence-corrected chi connectivity index (χ4v) is 4.91. The van der Waals surface area contributed by atoms with Gasteiger partial charge in [-0.3, -0.25) is 4.79 Å². The molecule has 1 fully saturated rings. The van der Waals surface area contributed by atoms with Gasteiger partial charge in [-0.25, -0.2) is 8.42 Å². The van der Waals surface area contributed by atoms with E-state index in [-0.39, 0.29) is 17.6 Å². The zero-order chi connectivity index (χ0) is 15.2. The molecule has 1 rings (SSSR count). The zero-order valence-electron chi connectivity index (χ0n) is 12.3. The van der Waals surface area contributed by atoms with Crippen LogP contribution < -0.4 is 5.73 Å². The Morgan fingerprint density at radius 3 is 2.75 bits per heavy atom. The summed E-state index contributed by atoms with van der Waals surface area (Å²) in [4.78, 5) is 12.0. The Labute approximate surface area is 125 Å². The highest BCUT2D eigenvalue weighted by atomic mass is 32.2. The number of hydrogen-bond donors (Lipinski definition) is 1. The Morgan fingerprint density at radius 2 is 2.15 bits per heavy atom. The van der Waals surface area contributed by atoms with Crippen LogP contribution in [0.4, 0.5) is 0 Å². The summed E-state index contributed by atoms with van der Waals surface area (Å²) in [6, 6.07) is 0. The van der Waals surface area contributed by atoms with Crippen LogP contribution in [0.1, 0.15) is 32.6 Å². The van der Waals surface area contributed by atoms with Crippen molar-refractivity contribution in [2.75, 3.05) is 30.1 Å². The molecule has 118 valence electrons. The standard InChI is InChI=1S/C13H25NO4S2/c1-3-18-12(15)13(14)7-4-5-11(13)6-8-19-9-10-20(2,16)17/h11H,3-10,14H2,1-2H3. The van der Waals surface area contributed by atoms with Crippen LogP contribution in [-0.2, 0) is 19.4 Å². The lowest BCUT2D eigenvalue weighted by molar-refractivity contribution is -0.151. The molecule has 0 heterocycles. The monoisotopic (exact) mass is 323 g/mol. The number of sulfone groups is 1. The first kappa shape index (κ1) is 17.8. The van der Waals surface area contributed by atoms with E-state index >= 15 is 0 Å². The van der Waals surface area contributed by atoms with Gasteiger partial charge in [-0.15, -0.1) is 0 Å². The molecule has 0 aromatic rings. The summed E-state index contributed by atoms with van der Waals surface area (Å²) >= 11 is 1.61. The molecule has 0 spiro atoms. The Morgan fingerprint density at radius 1 is 1.45 bits per heavy atom. The second kappa shape index (κ2) is 7.66. The van der Waals surface area contributed by atoms with Crippen molar-refractivity contribution in [3.05, 3.63) is 0 Å². The quantitative estimate of drug-likeness (QED) is 0.534. The van der Waals surface area contributed by atoms with E-state index in [1.807, 2.05) is 0 Å². The average molecular weight is 323 g/mol. The summed E-state index contributed by atoms with van der Waals surface area (Å²) in [5.74, 6) is 1.49. The van der Waals surface area contributed by atoms with Crippen LogP contribution >= 0.6 is 11.8 Å². The number of ether oxygens (including phenoxy) is 1. The summed E-state index contributed by atoms with van der Waals surface area (Å²) in [5.41, 5.74) is 5.40. The molecular weight excluding hydrogens is 298 g/mol. The third-order valence-corrected chi connectivity index (χ3v) is 5.96. The second-order valence-corrected chi connectivity index (χ2v) is 8.87. The zero-order valence-corrected chi connectivity index (χ0v) is 13.9. The van der Waals surface area contributed by atoms with Gasteiger partial charge in [-0.2, -0.15) is 11.8 Å². The molecule has 5 nitrogen and oxygen atoms in total. The molecular formula is C13H25NO4S2. The normalized spacial score (nSPS) is 26.6. The molecule has 1 aliphatic carbocycles. The number of carbonyl (C=O) groups excluding carboxylic acids is 1. The van der Waals surface area contributed by atoms with Crippen LogP contribution in [0.25, 0.3) is 0 Å². The van der Waals surface area contributed by atoms with Crippen LogP contribution in [0.2, 0.25) is 0 Å². The molecule has 1 saturated carbocycles. The van der Waals surface area contributed by atoms with Crippen molar-refractivity contribution in [3.63, 3.8) is 0 Å². The first-order valence-corrected chi connectivity index (χ1v) is 10.2. The highest BCUT2D eigenvalue weighted by Crippen LogP contribution is 2.37. The van der Waals surface area contributed by atoms with Crippen LogP contribution in [-0.4, -0.2) is 50.0 Å². The fourth-order valence-electron chi connectivity index (χ4n) is 2.58. The Bertz CT molecular complexity index is 424. The second-order valence-electron chi connectivity index (χ2n) is 5.38. The van der Waals surface area contributed by atoms with Crippen LogP contribution in [0.15, 0.2) is 0 Å². The Balaban J connectivity index is 2.37. The van der Waals surface area contributed by atoms with Crippen molar-refractivity contribution in [1.29, 1.82) is 0 Å². The number of esters is 1. The van der Waals surface area contributed by atoms with Crippen molar-refractivity contribution >= 4 is 27.6 Å². The first-order chi connectivity index (χ1) is 9.29. The molecule has 0 aliphatic heterocycles. The molecule has 0 bridgehead atoms. The molecule has 2 unspecified atom stereocenters. The minimum absolute atomic E-state index is 0.146. The van der Waals surface area contributed by atoms with Crippen molar-refractivity contribution in [1.82, 2.24) is 0 Å². The Kier molecular flexibility index (Phi) is 6.81. The third kappa shape index (κ3) is 5.26. The van der Waals surface area contributed by atoms with E-state index in [9.17, 15) is 13.2 Å². The molecule has 1 aliphatic rings. The van der Waals surface area contributed by atoms with Gasteiger partial charge in [0.05, 0.1) is 12.4 Å². The summed E-state index contributed by atoms with van der Waals surface area (Å²) in [6.45, 7) is 2.14. The van der Waals surface area contributed by atoms with E-state index in [1.54, 1.807) is 18.7 Å². The van der Waals surface area contributed by atoms with E-state index in [4.69, 9.17) is 10.5 Å². The van der Waals surface area contributed by atoms with Crippen molar-refractivity contribution < 1.29 is 17.9 Å². The number of nitrogens with two attached hydrogens (primary N) is 1. The van der Waals surface area contributed by atoms with Gasteiger partial charge in [0.2, 0.25) is 0 Å². The summed E-state index contributed by atoms with van der Waals surface area (Å²) in [7, 11) is -2.89. The number of carbonyl (C=O) groups is 1. The largest absolute Gasteiger partial charge is 0.465 e. The van der Waals surface area contributed by atoms with Gasteiger partial charge in [0.1, 0.15) is 15.4 Å². The van der Waals surface area contributed by atoms with E-state index in [0.29, 0.717) is 18.8 Å². The summed E-state index contributed by atoms with van der Waals surface area (Å²) < 4.78 is 27.1. The van der Waals surface area contributed by atoms with Gasteiger partial charge in [-0.05, 0) is 37.9 Å². The minimum atomic E-state index is -2.89. The first-order valence-electron chi connectivity index (χ1n) is 7.01. The maximum atomic E-state index is 12.0. The van der Waals surface area contributed by atoms with Crippen molar-refractivity contribution in [3.8, 4) is 0 Å². The van der Waals surface area contributed by atoms with E-state index in [0.717, 1.165) is 25.0 Å². The number of thioether (sulfide) groups is 1. The van der Waals surface area contributed by atoms with Gasteiger partial charge in [0.25, 0.3) is 0 Å². The topological polar surface area (TPSA) is 86.5 Å². The molecule has 2 N–H and O–H groups in total. The maximum Gasteiger partial charge on any atom is 0.326 e. The lowest BCUT2D eigenvalue weighted by atomic mass is 9.86. The minimum Gasteiger partial charge on any atom is -0.465 e. The van der Waals surface area contributed by atoms with Gasteiger partial charge < -0.3 is 10.5 Å². The van der Waals surface area contributed by atoms with E-state index in [1.165, 1.54) is 6.26 Å². The molecule has 7 heteroatoms. The van der Waals surface area contributed by atoms with Crippen LogP contribution in [0.3, 0.4) is 0 Å². The van der Waals surface area contributed by atoms with E-state index in [2.05, 4.69) is 0 Å². The molecule has 0 aromatic heterocycles. The molecule has 0 saturated heterocycles. The van der Waals surface area contributed by atoms with Crippen molar-refractivity contribution in [2.24, 2.45) is 11.7 Å². The lowest BCUT2D eigenvalue weighted by Crippen LogP contribution is -2.52. The average Bonchev–Trinajstić information content (AvgIpc) is 2.71. The molecule has 2 atom stereocenters. The predicted molar refractivity (Wildman–Crippen MR) is 82.5 cm³/mol. The number of hydrogen-bond acceptors (Lipinski definition) is 6. The molecule has 0 radical (unpaired) electrons. The molecule has 20 heavy (non-hydrogen) atoms. The predicted octanol–water partition coefficient (Wildman–Crippen LogP) is 1.21. The lowest BCUT2D eigenvalue weighted by Gasteiger charge is -2.28. The summed E-state index contributed by atoms with van der Waals surface area (Å²) in [5, 5.41) is 0. The highest BCUT2D eigenvalue weighted by molar-refractivity contribution is 8.00. The SMILES string of the molecule is CCOC(=O)C1(N)CCCC1CCSCCS(C)(=O)=O. The van der Waals surface area contributed by atoms with Crippen LogP contribution in [0, 0.1) is 5.92 Å². The summed E-state index contributed by atoms with van der Waals surface area (Å²) in [6.07, 6.45) is 4.67. The van der Waals surface area contributed by atoms with Gasteiger partial charge in [0, 0.05) is 12.0 Å². The molecule has 0 amide bonds. The van der Waals surface area contributed by atoms with Gasteiger partial charge in [-0.1, -0.05) is 6.42 Å².